The van der Waals surface area contributed by atoms with Gasteiger partial charge in [-0.2, -0.15) is 13.5 Å². The second-order valence-electron chi connectivity index (χ2n) is 6.34. The number of sulfonamides is 1. The number of rotatable bonds is 9. The fourth-order valence-electron chi connectivity index (χ4n) is 2.61. The third-order valence-electron chi connectivity index (χ3n) is 4.09. The summed E-state index contributed by atoms with van der Waals surface area (Å²) in [4.78, 5) is 2.33. The SMILES string of the molecule is CCOc1cc(/C=N\NS(=O)(=O)c2ccccc2)ccc1OCc1ccc(Cl)c(Cl)c1. The number of nitrogens with one attached hydrogen (secondary N) is 1. The van der Waals surface area contributed by atoms with Crippen molar-refractivity contribution in [1.29, 1.82) is 0 Å². The average Bonchev–Trinajstić information content (AvgIpc) is 2.76. The maximum absolute atomic E-state index is 12.2. The Kier molecular flexibility index (Phi) is 7.79. The van der Waals surface area contributed by atoms with Gasteiger partial charge in [-0.3, -0.25) is 0 Å². The highest BCUT2D eigenvalue weighted by molar-refractivity contribution is 7.89. The van der Waals surface area contributed by atoms with Crippen molar-refractivity contribution in [2.45, 2.75) is 18.4 Å². The molecular formula is C22H20Cl2N2O4S. The molecule has 0 saturated carbocycles. The molecule has 0 fully saturated rings. The summed E-state index contributed by atoms with van der Waals surface area (Å²) in [6.07, 6.45) is 1.39. The smallest absolute Gasteiger partial charge is 0.276 e. The molecule has 31 heavy (non-hydrogen) atoms. The summed E-state index contributed by atoms with van der Waals surface area (Å²) in [7, 11) is -3.73. The number of hydrogen-bond donors (Lipinski definition) is 1. The van der Waals surface area contributed by atoms with E-state index < -0.39 is 10.0 Å². The van der Waals surface area contributed by atoms with E-state index in [0.29, 0.717) is 33.7 Å². The predicted molar refractivity (Wildman–Crippen MR) is 123 cm³/mol. The Morgan fingerprint density at radius 3 is 2.42 bits per heavy atom. The molecule has 0 radical (unpaired) electrons. The first-order valence-corrected chi connectivity index (χ1v) is 11.6. The van der Waals surface area contributed by atoms with E-state index >= 15 is 0 Å². The lowest BCUT2D eigenvalue weighted by atomic mass is 10.2. The number of benzene rings is 3. The maximum atomic E-state index is 12.2. The summed E-state index contributed by atoms with van der Waals surface area (Å²) in [6, 6.07) is 18.5. The first-order chi connectivity index (χ1) is 14.9. The van der Waals surface area contributed by atoms with Crippen LogP contribution in [0.25, 0.3) is 0 Å². The minimum absolute atomic E-state index is 0.133. The molecule has 3 aromatic carbocycles. The Morgan fingerprint density at radius 2 is 1.71 bits per heavy atom. The molecule has 0 atom stereocenters. The lowest BCUT2D eigenvalue weighted by molar-refractivity contribution is 0.269. The summed E-state index contributed by atoms with van der Waals surface area (Å²) in [5.74, 6) is 1.05. The van der Waals surface area contributed by atoms with E-state index in [4.69, 9.17) is 32.7 Å². The van der Waals surface area contributed by atoms with Gasteiger partial charge in [0.15, 0.2) is 11.5 Å². The second kappa shape index (κ2) is 10.5. The van der Waals surface area contributed by atoms with E-state index in [0.717, 1.165) is 5.56 Å². The van der Waals surface area contributed by atoms with Crippen LogP contribution < -0.4 is 14.3 Å². The van der Waals surface area contributed by atoms with E-state index in [1.165, 1.54) is 18.3 Å². The predicted octanol–water partition coefficient (Wildman–Crippen LogP) is 5.28. The van der Waals surface area contributed by atoms with E-state index in [9.17, 15) is 8.42 Å². The molecule has 3 aromatic rings. The van der Waals surface area contributed by atoms with Crippen LogP contribution in [0.15, 0.2) is 76.7 Å². The molecule has 162 valence electrons. The van der Waals surface area contributed by atoms with Crippen molar-refractivity contribution in [3.63, 3.8) is 0 Å². The van der Waals surface area contributed by atoms with Crippen LogP contribution >= 0.6 is 23.2 Å². The van der Waals surface area contributed by atoms with Gasteiger partial charge in [-0.15, -0.1) is 0 Å². The average molecular weight is 479 g/mol. The van der Waals surface area contributed by atoms with Crippen LogP contribution in [0.4, 0.5) is 0 Å². The van der Waals surface area contributed by atoms with Crippen LogP contribution in [-0.4, -0.2) is 21.2 Å². The van der Waals surface area contributed by atoms with E-state index in [1.807, 2.05) is 13.0 Å². The molecule has 0 spiro atoms. The lowest BCUT2D eigenvalue weighted by Gasteiger charge is -2.13. The largest absolute Gasteiger partial charge is 0.490 e. The van der Waals surface area contributed by atoms with Crippen LogP contribution in [-0.2, 0) is 16.6 Å². The number of halogens is 2. The molecule has 0 amide bonds. The minimum Gasteiger partial charge on any atom is -0.490 e. The van der Waals surface area contributed by atoms with Crippen LogP contribution in [0.3, 0.4) is 0 Å². The monoisotopic (exact) mass is 478 g/mol. The Morgan fingerprint density at radius 1 is 0.935 bits per heavy atom. The van der Waals surface area contributed by atoms with Crippen molar-refractivity contribution in [2.24, 2.45) is 5.10 Å². The zero-order chi connectivity index (χ0) is 22.3. The molecule has 1 N–H and O–H groups in total. The fraction of sp³-hybridized carbons (Fsp3) is 0.136. The highest BCUT2D eigenvalue weighted by atomic mass is 35.5. The zero-order valence-electron chi connectivity index (χ0n) is 16.6. The van der Waals surface area contributed by atoms with E-state index in [2.05, 4.69) is 9.93 Å². The molecule has 0 heterocycles. The zero-order valence-corrected chi connectivity index (χ0v) is 18.9. The Bertz CT molecular complexity index is 1170. The van der Waals surface area contributed by atoms with Crippen LogP contribution in [0.2, 0.25) is 10.0 Å². The van der Waals surface area contributed by atoms with Crippen molar-refractivity contribution < 1.29 is 17.9 Å². The molecule has 0 aliphatic heterocycles. The standard InChI is InChI=1S/C22H20Cl2N2O4S/c1-2-29-22-13-16(14-25-26-31(27,28)18-6-4-3-5-7-18)9-11-21(22)30-15-17-8-10-19(23)20(24)12-17/h3-14,26H,2,15H2,1H3/b25-14-. The number of hydrogen-bond acceptors (Lipinski definition) is 5. The van der Waals surface area contributed by atoms with Gasteiger partial charge in [0, 0.05) is 0 Å². The third kappa shape index (κ3) is 6.37. The normalized spacial score (nSPS) is 11.5. The summed E-state index contributed by atoms with van der Waals surface area (Å²) >= 11 is 12.0. The van der Waals surface area contributed by atoms with Gasteiger partial charge in [-0.25, -0.2) is 4.83 Å². The second-order valence-corrected chi connectivity index (χ2v) is 8.82. The van der Waals surface area contributed by atoms with Gasteiger partial charge >= 0.3 is 0 Å². The van der Waals surface area contributed by atoms with Gasteiger partial charge in [0.1, 0.15) is 6.61 Å². The van der Waals surface area contributed by atoms with Crippen molar-refractivity contribution >= 4 is 39.4 Å². The van der Waals surface area contributed by atoms with Gasteiger partial charge in [0.25, 0.3) is 10.0 Å². The maximum Gasteiger partial charge on any atom is 0.276 e. The molecule has 0 aromatic heterocycles. The van der Waals surface area contributed by atoms with Gasteiger partial charge in [-0.1, -0.05) is 47.5 Å². The van der Waals surface area contributed by atoms with Crippen LogP contribution in [0.5, 0.6) is 11.5 Å². The van der Waals surface area contributed by atoms with Crippen molar-refractivity contribution in [1.82, 2.24) is 4.83 Å². The topological polar surface area (TPSA) is 77.0 Å². The molecule has 6 nitrogen and oxygen atoms in total. The molecule has 3 rings (SSSR count). The summed E-state index contributed by atoms with van der Waals surface area (Å²) in [5.41, 5.74) is 1.50. The number of nitrogens with zero attached hydrogens (tertiary/aromatic N) is 1. The molecular weight excluding hydrogens is 459 g/mol. The van der Waals surface area contributed by atoms with Gasteiger partial charge in [0.05, 0.1) is 27.8 Å². The van der Waals surface area contributed by atoms with E-state index in [1.54, 1.807) is 48.5 Å². The number of hydrazone groups is 1. The lowest BCUT2D eigenvalue weighted by Crippen LogP contribution is -2.18. The van der Waals surface area contributed by atoms with Crippen LogP contribution in [0, 0.1) is 0 Å². The van der Waals surface area contributed by atoms with Crippen molar-refractivity contribution in [3.8, 4) is 11.5 Å². The first-order valence-electron chi connectivity index (χ1n) is 9.32. The Balaban J connectivity index is 1.70. The summed E-state index contributed by atoms with van der Waals surface area (Å²) < 4.78 is 36.0. The van der Waals surface area contributed by atoms with Crippen molar-refractivity contribution in [2.75, 3.05) is 6.61 Å². The van der Waals surface area contributed by atoms with Crippen molar-refractivity contribution in [3.05, 3.63) is 87.9 Å². The molecule has 0 saturated heterocycles. The van der Waals surface area contributed by atoms with Gasteiger partial charge in [0.2, 0.25) is 0 Å². The number of ether oxygens (including phenoxy) is 2. The first kappa shape index (κ1) is 22.9. The molecule has 9 heteroatoms. The van der Waals surface area contributed by atoms with Gasteiger partial charge in [-0.05, 0) is 60.5 Å². The Labute approximate surface area is 191 Å². The quantitative estimate of drug-likeness (QED) is 0.335. The highest BCUT2D eigenvalue weighted by Gasteiger charge is 2.11. The third-order valence-corrected chi connectivity index (χ3v) is 6.06. The molecule has 0 bridgehead atoms. The highest BCUT2D eigenvalue weighted by Crippen LogP contribution is 2.30. The Hall–Kier alpha value is -2.74. The minimum atomic E-state index is -3.73. The van der Waals surface area contributed by atoms with Gasteiger partial charge < -0.3 is 9.47 Å². The summed E-state index contributed by atoms with van der Waals surface area (Å²) in [6.45, 7) is 2.57. The molecule has 0 unspecified atom stereocenters. The molecule has 0 aliphatic rings. The summed E-state index contributed by atoms with van der Waals surface area (Å²) in [5, 5.41) is 4.78. The fourth-order valence-corrected chi connectivity index (χ4v) is 3.74. The van der Waals surface area contributed by atoms with Crippen LogP contribution in [0.1, 0.15) is 18.1 Å². The van der Waals surface area contributed by atoms with E-state index in [-0.39, 0.29) is 11.5 Å². The molecule has 0 aliphatic carbocycles.